The average Bonchev–Trinajstić information content (AvgIpc) is 2.02. The van der Waals surface area contributed by atoms with E-state index in [2.05, 4.69) is 0 Å². The molecule has 0 aliphatic rings. The molecule has 0 fully saturated rings. The molecule has 0 saturated heterocycles. The smallest absolute Gasteiger partial charge is 0.341 e. The number of hydrogen-bond donors (Lipinski definition) is 1. The van der Waals surface area contributed by atoms with E-state index in [9.17, 15) is 17.2 Å². The van der Waals surface area contributed by atoms with Gasteiger partial charge in [0.1, 0.15) is 0 Å². The topological polar surface area (TPSA) is 60.2 Å². The van der Waals surface area contributed by atoms with E-state index in [1.54, 1.807) is 0 Å². The van der Waals surface area contributed by atoms with Gasteiger partial charge in [0.05, 0.1) is 4.90 Å². The minimum atomic E-state index is -4.51. The van der Waals surface area contributed by atoms with E-state index in [1.807, 2.05) is 0 Å². The first-order valence-corrected chi connectivity index (χ1v) is 5.28. The minimum Gasteiger partial charge on any atom is -0.399 e. The van der Waals surface area contributed by atoms with Crippen molar-refractivity contribution >= 4 is 15.5 Å². The van der Waals surface area contributed by atoms with Crippen LogP contribution in [0.5, 0.6) is 0 Å². The van der Waals surface area contributed by atoms with Crippen LogP contribution in [0.4, 0.5) is 14.5 Å². The van der Waals surface area contributed by atoms with Crippen molar-refractivity contribution < 1.29 is 17.2 Å². The quantitative estimate of drug-likeness (QED) is 0.771. The summed E-state index contributed by atoms with van der Waals surface area (Å²) in [7, 11) is -4.51. The van der Waals surface area contributed by atoms with Gasteiger partial charge in [-0.15, -0.1) is 0 Å². The highest BCUT2D eigenvalue weighted by Gasteiger charge is 2.27. The molecule has 3 nitrogen and oxygen atoms in total. The van der Waals surface area contributed by atoms with E-state index >= 15 is 0 Å². The van der Waals surface area contributed by atoms with Crippen LogP contribution in [0.1, 0.15) is 5.56 Å². The molecule has 0 spiro atoms. The number of anilines is 1. The molecule has 0 saturated carbocycles. The third-order valence-corrected chi connectivity index (χ3v) is 3.28. The Morgan fingerprint density at radius 2 is 1.93 bits per heavy atom. The Bertz CT molecular complexity index is 443. The van der Waals surface area contributed by atoms with E-state index in [-0.39, 0.29) is 10.5 Å². The number of halogens is 2. The van der Waals surface area contributed by atoms with Crippen molar-refractivity contribution in [2.24, 2.45) is 0 Å². The fraction of sp³-hybridized carbons (Fsp3) is 0.250. The van der Waals surface area contributed by atoms with Crippen LogP contribution in [0.25, 0.3) is 0 Å². The Hall–Kier alpha value is -1.17. The lowest BCUT2D eigenvalue weighted by atomic mass is 10.2. The molecule has 0 aromatic heterocycles. The van der Waals surface area contributed by atoms with Crippen molar-refractivity contribution in [2.45, 2.75) is 17.6 Å². The van der Waals surface area contributed by atoms with Crippen LogP contribution in [-0.2, 0) is 9.84 Å². The highest BCUT2D eigenvalue weighted by Crippen LogP contribution is 2.23. The number of aryl methyl sites for hydroxylation is 1. The Balaban J connectivity index is 3.35. The normalized spacial score (nSPS) is 12.0. The first-order chi connectivity index (χ1) is 6.35. The molecule has 14 heavy (non-hydrogen) atoms. The summed E-state index contributed by atoms with van der Waals surface area (Å²) < 4.78 is 46.5. The molecule has 6 heteroatoms. The average molecular weight is 221 g/mol. The monoisotopic (exact) mass is 221 g/mol. The first kappa shape index (κ1) is 10.9. The van der Waals surface area contributed by atoms with Crippen LogP contribution < -0.4 is 5.73 Å². The van der Waals surface area contributed by atoms with Gasteiger partial charge >= 0.3 is 5.76 Å². The standard InChI is InChI=1S/C8H9F2NO2S/c1-5-4-6(11)2-3-7(5)14(12,13)8(9)10/h2-4,8H,11H2,1H3. The summed E-state index contributed by atoms with van der Waals surface area (Å²) in [5.74, 6) is -3.40. The van der Waals surface area contributed by atoms with Gasteiger partial charge in [-0.1, -0.05) is 0 Å². The van der Waals surface area contributed by atoms with E-state index in [0.29, 0.717) is 5.69 Å². The van der Waals surface area contributed by atoms with Gasteiger partial charge in [0.2, 0.25) is 9.84 Å². The Morgan fingerprint density at radius 3 is 2.36 bits per heavy atom. The van der Waals surface area contributed by atoms with Gasteiger partial charge in [0.15, 0.2) is 0 Å². The van der Waals surface area contributed by atoms with Crippen molar-refractivity contribution in [2.75, 3.05) is 5.73 Å². The third-order valence-electron chi connectivity index (χ3n) is 1.74. The second kappa shape index (κ2) is 3.53. The van der Waals surface area contributed by atoms with Crippen molar-refractivity contribution in [3.63, 3.8) is 0 Å². The SMILES string of the molecule is Cc1cc(N)ccc1S(=O)(=O)C(F)F. The second-order valence-electron chi connectivity index (χ2n) is 2.83. The minimum absolute atomic E-state index is 0.227. The van der Waals surface area contributed by atoms with Gasteiger partial charge in [-0.2, -0.15) is 8.78 Å². The van der Waals surface area contributed by atoms with E-state index in [0.717, 1.165) is 6.07 Å². The second-order valence-corrected chi connectivity index (χ2v) is 4.72. The summed E-state index contributed by atoms with van der Waals surface area (Å²) in [6.07, 6.45) is 0. The molecule has 0 radical (unpaired) electrons. The molecule has 78 valence electrons. The lowest BCUT2D eigenvalue weighted by molar-refractivity contribution is 0.234. The van der Waals surface area contributed by atoms with E-state index < -0.39 is 15.6 Å². The van der Waals surface area contributed by atoms with Crippen LogP contribution >= 0.6 is 0 Å². The zero-order valence-electron chi connectivity index (χ0n) is 7.37. The largest absolute Gasteiger partial charge is 0.399 e. The van der Waals surface area contributed by atoms with Gasteiger partial charge in [-0.25, -0.2) is 8.42 Å². The molecule has 0 unspecified atom stereocenters. The molecule has 2 N–H and O–H groups in total. The summed E-state index contributed by atoms with van der Waals surface area (Å²) >= 11 is 0. The van der Waals surface area contributed by atoms with E-state index in [4.69, 9.17) is 5.73 Å². The Labute approximate surface area is 80.5 Å². The van der Waals surface area contributed by atoms with Gasteiger partial charge < -0.3 is 5.73 Å². The first-order valence-electron chi connectivity index (χ1n) is 3.74. The van der Waals surface area contributed by atoms with Crippen LogP contribution in [0.3, 0.4) is 0 Å². The molecule has 1 aromatic rings. The van der Waals surface area contributed by atoms with Crippen molar-refractivity contribution in [1.82, 2.24) is 0 Å². The van der Waals surface area contributed by atoms with Crippen molar-refractivity contribution in [3.8, 4) is 0 Å². The number of benzene rings is 1. The fourth-order valence-corrected chi connectivity index (χ4v) is 2.05. The fourth-order valence-electron chi connectivity index (χ4n) is 1.09. The lowest BCUT2D eigenvalue weighted by Crippen LogP contribution is -2.12. The number of rotatable bonds is 2. The molecule has 0 heterocycles. The number of sulfone groups is 1. The van der Waals surface area contributed by atoms with Gasteiger partial charge in [-0.3, -0.25) is 0 Å². The lowest BCUT2D eigenvalue weighted by Gasteiger charge is -2.06. The summed E-state index contributed by atoms with van der Waals surface area (Å²) in [5, 5.41) is 0. The molecule has 0 atom stereocenters. The highest BCUT2D eigenvalue weighted by atomic mass is 32.2. The van der Waals surface area contributed by atoms with E-state index in [1.165, 1.54) is 19.1 Å². The summed E-state index contributed by atoms with van der Waals surface area (Å²) in [6.45, 7) is 1.42. The summed E-state index contributed by atoms with van der Waals surface area (Å²) in [6, 6.07) is 3.71. The van der Waals surface area contributed by atoms with Crippen LogP contribution in [0.15, 0.2) is 23.1 Å². The third kappa shape index (κ3) is 1.84. The molecule has 0 amide bonds. The number of nitrogen functional groups attached to an aromatic ring is 1. The summed E-state index contributed by atoms with van der Waals surface area (Å²) in [4.78, 5) is -0.373. The Morgan fingerprint density at radius 1 is 1.36 bits per heavy atom. The van der Waals surface area contributed by atoms with Crippen molar-refractivity contribution in [1.29, 1.82) is 0 Å². The van der Waals surface area contributed by atoms with Crippen molar-refractivity contribution in [3.05, 3.63) is 23.8 Å². The molecule has 0 bridgehead atoms. The molecular formula is C8H9F2NO2S. The molecule has 1 rings (SSSR count). The number of hydrogen-bond acceptors (Lipinski definition) is 3. The van der Waals surface area contributed by atoms with Crippen LogP contribution in [0, 0.1) is 6.92 Å². The molecule has 0 aliphatic carbocycles. The zero-order chi connectivity index (χ0) is 10.9. The molecule has 0 aliphatic heterocycles. The maximum absolute atomic E-state index is 12.2. The highest BCUT2D eigenvalue weighted by molar-refractivity contribution is 7.91. The summed E-state index contributed by atoms with van der Waals surface area (Å²) in [5.41, 5.74) is 5.93. The van der Waals surface area contributed by atoms with Gasteiger partial charge in [0, 0.05) is 5.69 Å². The van der Waals surface area contributed by atoms with Gasteiger partial charge in [0.25, 0.3) is 0 Å². The molecule has 1 aromatic carbocycles. The zero-order valence-corrected chi connectivity index (χ0v) is 8.18. The van der Waals surface area contributed by atoms with Crippen LogP contribution in [-0.4, -0.2) is 14.2 Å². The maximum Gasteiger partial charge on any atom is 0.341 e. The number of nitrogens with two attached hydrogens (primary N) is 1. The predicted octanol–water partition coefficient (Wildman–Crippen LogP) is 1.57. The number of alkyl halides is 2. The predicted molar refractivity (Wildman–Crippen MR) is 48.8 cm³/mol. The maximum atomic E-state index is 12.2. The Kier molecular flexibility index (Phi) is 2.75. The van der Waals surface area contributed by atoms with Crippen LogP contribution in [0.2, 0.25) is 0 Å². The molecular weight excluding hydrogens is 212 g/mol. The van der Waals surface area contributed by atoms with Gasteiger partial charge in [-0.05, 0) is 30.7 Å².